The summed E-state index contributed by atoms with van der Waals surface area (Å²) >= 11 is 5.55. The van der Waals surface area contributed by atoms with Crippen LogP contribution in [0.3, 0.4) is 0 Å². The Labute approximate surface area is 91.6 Å². The molecule has 1 heterocycles. The number of amides is 1. The number of anilines is 1. The SMILES string of the molecule is N[C@@H]1CC(=O)N(c2ccc(Cl)c(F)c2)C1. The maximum absolute atomic E-state index is 13.2. The first-order valence-corrected chi connectivity index (χ1v) is 4.96. The molecule has 80 valence electrons. The van der Waals surface area contributed by atoms with E-state index in [4.69, 9.17) is 17.3 Å². The van der Waals surface area contributed by atoms with Crippen LogP contribution in [0.25, 0.3) is 0 Å². The minimum absolute atomic E-state index is 0.0506. The van der Waals surface area contributed by atoms with Crippen LogP contribution < -0.4 is 10.6 Å². The summed E-state index contributed by atoms with van der Waals surface area (Å²) < 4.78 is 13.2. The van der Waals surface area contributed by atoms with Crippen molar-refractivity contribution in [2.45, 2.75) is 12.5 Å². The van der Waals surface area contributed by atoms with Crippen LogP contribution in [0.2, 0.25) is 5.02 Å². The zero-order valence-electron chi connectivity index (χ0n) is 7.91. The first-order valence-electron chi connectivity index (χ1n) is 4.59. The minimum Gasteiger partial charge on any atom is -0.326 e. The largest absolute Gasteiger partial charge is 0.326 e. The van der Waals surface area contributed by atoms with Gasteiger partial charge < -0.3 is 10.6 Å². The number of carbonyl (C=O) groups is 1. The Bertz CT molecular complexity index is 410. The van der Waals surface area contributed by atoms with Gasteiger partial charge in [0.2, 0.25) is 5.91 Å². The van der Waals surface area contributed by atoms with Gasteiger partial charge in [-0.1, -0.05) is 11.6 Å². The van der Waals surface area contributed by atoms with Gasteiger partial charge in [-0.2, -0.15) is 0 Å². The van der Waals surface area contributed by atoms with Crippen molar-refractivity contribution >= 4 is 23.2 Å². The molecule has 0 bridgehead atoms. The summed E-state index contributed by atoms with van der Waals surface area (Å²) in [6, 6.07) is 4.12. The fourth-order valence-corrected chi connectivity index (χ4v) is 1.76. The quantitative estimate of drug-likeness (QED) is 0.793. The molecule has 5 heteroatoms. The summed E-state index contributed by atoms with van der Waals surface area (Å²) in [6.07, 6.45) is 0.310. The number of nitrogens with two attached hydrogens (primary N) is 1. The number of hydrogen-bond acceptors (Lipinski definition) is 2. The van der Waals surface area contributed by atoms with Crippen molar-refractivity contribution in [3.63, 3.8) is 0 Å². The molecule has 1 amide bonds. The van der Waals surface area contributed by atoms with Gasteiger partial charge in [-0.05, 0) is 18.2 Å². The summed E-state index contributed by atoms with van der Waals surface area (Å²) in [5.74, 6) is -0.605. The number of hydrogen-bond donors (Lipinski definition) is 1. The van der Waals surface area contributed by atoms with Crippen LogP contribution in [0, 0.1) is 5.82 Å². The molecule has 3 nitrogen and oxygen atoms in total. The second kappa shape index (κ2) is 3.79. The zero-order valence-corrected chi connectivity index (χ0v) is 8.67. The summed E-state index contributed by atoms with van der Waals surface area (Å²) in [5, 5.41) is 0.0506. The monoisotopic (exact) mass is 228 g/mol. The average Bonchev–Trinajstić information content (AvgIpc) is 2.50. The van der Waals surface area contributed by atoms with E-state index in [0.717, 1.165) is 0 Å². The second-order valence-electron chi connectivity index (χ2n) is 3.57. The number of rotatable bonds is 1. The van der Waals surface area contributed by atoms with E-state index in [2.05, 4.69) is 0 Å². The molecule has 0 radical (unpaired) electrons. The highest BCUT2D eigenvalue weighted by Crippen LogP contribution is 2.25. The summed E-state index contributed by atoms with van der Waals surface area (Å²) in [7, 11) is 0. The Kier molecular flexibility index (Phi) is 2.63. The van der Waals surface area contributed by atoms with Crippen LogP contribution >= 0.6 is 11.6 Å². The van der Waals surface area contributed by atoms with Gasteiger partial charge in [-0.25, -0.2) is 4.39 Å². The van der Waals surface area contributed by atoms with Crippen molar-refractivity contribution in [2.75, 3.05) is 11.4 Å². The van der Waals surface area contributed by atoms with Crippen molar-refractivity contribution < 1.29 is 9.18 Å². The molecule has 2 N–H and O–H groups in total. The summed E-state index contributed by atoms with van der Waals surface area (Å²) in [4.78, 5) is 12.9. The third kappa shape index (κ3) is 1.96. The topological polar surface area (TPSA) is 46.3 Å². The smallest absolute Gasteiger partial charge is 0.228 e. The fourth-order valence-electron chi connectivity index (χ4n) is 1.64. The van der Waals surface area contributed by atoms with Crippen molar-refractivity contribution in [1.29, 1.82) is 0 Å². The Morgan fingerprint density at radius 3 is 2.80 bits per heavy atom. The van der Waals surface area contributed by atoms with Crippen LogP contribution in [0.1, 0.15) is 6.42 Å². The van der Waals surface area contributed by atoms with Crippen LogP contribution in [-0.4, -0.2) is 18.5 Å². The lowest BCUT2D eigenvalue weighted by atomic mass is 10.3. The van der Waals surface area contributed by atoms with Gasteiger partial charge in [0.25, 0.3) is 0 Å². The van der Waals surface area contributed by atoms with Gasteiger partial charge in [0.15, 0.2) is 0 Å². The van der Waals surface area contributed by atoms with E-state index >= 15 is 0 Å². The van der Waals surface area contributed by atoms with E-state index in [-0.39, 0.29) is 17.0 Å². The Morgan fingerprint density at radius 2 is 2.27 bits per heavy atom. The molecule has 0 spiro atoms. The molecular formula is C10H10ClFN2O. The zero-order chi connectivity index (χ0) is 11.0. The van der Waals surface area contributed by atoms with Gasteiger partial charge in [-0.15, -0.1) is 0 Å². The molecule has 15 heavy (non-hydrogen) atoms. The standard InChI is InChI=1S/C10H10ClFN2O/c11-8-2-1-7(4-9(8)12)14-5-6(13)3-10(14)15/h1-2,4,6H,3,5,13H2/t6-/m1/s1. The number of halogens is 2. The van der Waals surface area contributed by atoms with Crippen LogP contribution in [0.15, 0.2) is 18.2 Å². The molecular weight excluding hydrogens is 219 g/mol. The number of carbonyl (C=O) groups excluding carboxylic acids is 1. The highest BCUT2D eigenvalue weighted by atomic mass is 35.5. The van der Waals surface area contributed by atoms with E-state index in [1.54, 1.807) is 6.07 Å². The molecule has 2 rings (SSSR count). The molecule has 1 saturated heterocycles. The highest BCUT2D eigenvalue weighted by Gasteiger charge is 2.28. The number of benzene rings is 1. The third-order valence-corrected chi connectivity index (χ3v) is 2.68. The second-order valence-corrected chi connectivity index (χ2v) is 3.97. The first kappa shape index (κ1) is 10.4. The van der Waals surface area contributed by atoms with E-state index in [0.29, 0.717) is 18.7 Å². The highest BCUT2D eigenvalue weighted by molar-refractivity contribution is 6.30. The van der Waals surface area contributed by atoms with Gasteiger partial charge in [-0.3, -0.25) is 4.79 Å². The number of nitrogens with zero attached hydrogens (tertiary/aromatic N) is 1. The molecule has 0 unspecified atom stereocenters. The molecule has 0 aliphatic carbocycles. The summed E-state index contributed by atoms with van der Waals surface area (Å²) in [5.41, 5.74) is 6.15. The van der Waals surface area contributed by atoms with Crippen LogP contribution in [0.4, 0.5) is 10.1 Å². The Hall–Kier alpha value is -1.13. The van der Waals surface area contributed by atoms with Crippen LogP contribution in [0.5, 0.6) is 0 Å². The van der Waals surface area contributed by atoms with Gasteiger partial charge in [0.05, 0.1) is 5.02 Å². The molecule has 0 aromatic heterocycles. The van der Waals surface area contributed by atoms with Crippen molar-refractivity contribution in [2.24, 2.45) is 5.73 Å². The van der Waals surface area contributed by atoms with E-state index in [9.17, 15) is 9.18 Å². The van der Waals surface area contributed by atoms with Gasteiger partial charge >= 0.3 is 0 Å². The van der Waals surface area contributed by atoms with Crippen molar-refractivity contribution in [3.8, 4) is 0 Å². The van der Waals surface area contributed by atoms with Gasteiger partial charge in [0, 0.05) is 24.7 Å². The van der Waals surface area contributed by atoms with Gasteiger partial charge in [0.1, 0.15) is 5.82 Å². The predicted octanol–water partition coefficient (Wildman–Crippen LogP) is 1.54. The first-order chi connectivity index (χ1) is 7.08. The molecule has 1 aromatic carbocycles. The normalized spacial score (nSPS) is 21.1. The van der Waals surface area contributed by atoms with E-state index in [1.807, 2.05) is 0 Å². The lowest BCUT2D eigenvalue weighted by Crippen LogP contribution is -2.27. The third-order valence-electron chi connectivity index (χ3n) is 2.37. The molecule has 1 fully saturated rings. The average molecular weight is 229 g/mol. The van der Waals surface area contributed by atoms with Crippen molar-refractivity contribution in [3.05, 3.63) is 29.0 Å². The Balaban J connectivity index is 2.30. The lowest BCUT2D eigenvalue weighted by molar-refractivity contribution is -0.117. The summed E-state index contributed by atoms with van der Waals surface area (Å²) in [6.45, 7) is 0.430. The van der Waals surface area contributed by atoms with E-state index in [1.165, 1.54) is 17.0 Å². The lowest BCUT2D eigenvalue weighted by Gasteiger charge is -2.16. The predicted molar refractivity (Wildman–Crippen MR) is 56.4 cm³/mol. The molecule has 1 atom stereocenters. The molecule has 1 aliphatic rings. The maximum Gasteiger partial charge on any atom is 0.228 e. The Morgan fingerprint density at radius 1 is 1.53 bits per heavy atom. The minimum atomic E-state index is -0.526. The van der Waals surface area contributed by atoms with Crippen molar-refractivity contribution in [1.82, 2.24) is 0 Å². The van der Waals surface area contributed by atoms with Crippen LogP contribution in [-0.2, 0) is 4.79 Å². The van der Waals surface area contributed by atoms with E-state index < -0.39 is 5.82 Å². The molecule has 1 aliphatic heterocycles. The fraction of sp³-hybridized carbons (Fsp3) is 0.300. The molecule has 1 aromatic rings. The maximum atomic E-state index is 13.2. The molecule has 0 saturated carbocycles.